The van der Waals surface area contributed by atoms with Gasteiger partial charge in [-0.1, -0.05) is 18.2 Å². The van der Waals surface area contributed by atoms with Gasteiger partial charge in [0.15, 0.2) is 6.29 Å². The Bertz CT molecular complexity index is 1110. The Kier molecular flexibility index (Phi) is 7.46. The number of ether oxygens (including phenoxy) is 1. The van der Waals surface area contributed by atoms with Crippen molar-refractivity contribution in [2.45, 2.75) is 50.0 Å². The number of anilines is 1. The molecule has 0 bridgehead atoms. The SMILES string of the molecule is N#CC(=Cc1ccc2cc(N3CCCCC3)ccc2c1)C(=O)NC[C@H]1OC(O)[C@H](O)[C@@H](O)[C@H]1O. The van der Waals surface area contributed by atoms with Crippen molar-refractivity contribution in [3.8, 4) is 6.07 Å². The van der Waals surface area contributed by atoms with E-state index in [1.807, 2.05) is 30.3 Å². The molecule has 0 spiro atoms. The predicted octanol–water partition coefficient (Wildman–Crippen LogP) is 0.653. The lowest BCUT2D eigenvalue weighted by Crippen LogP contribution is -2.60. The van der Waals surface area contributed by atoms with Crippen LogP contribution in [0.2, 0.25) is 0 Å². The van der Waals surface area contributed by atoms with Crippen molar-refractivity contribution in [1.29, 1.82) is 5.26 Å². The molecule has 1 unspecified atom stereocenters. The van der Waals surface area contributed by atoms with Crippen LogP contribution in [0.3, 0.4) is 0 Å². The molecule has 9 heteroatoms. The van der Waals surface area contributed by atoms with Crippen molar-refractivity contribution in [1.82, 2.24) is 5.32 Å². The van der Waals surface area contributed by atoms with Gasteiger partial charge in [0.05, 0.1) is 0 Å². The Balaban J connectivity index is 1.44. The van der Waals surface area contributed by atoms with Crippen molar-refractivity contribution in [2.75, 3.05) is 24.5 Å². The van der Waals surface area contributed by atoms with E-state index in [1.54, 1.807) is 0 Å². The van der Waals surface area contributed by atoms with Crippen LogP contribution in [0.1, 0.15) is 24.8 Å². The summed E-state index contributed by atoms with van der Waals surface area (Å²) in [5, 5.41) is 52.9. The lowest BCUT2D eigenvalue weighted by molar-refractivity contribution is -0.280. The van der Waals surface area contributed by atoms with Crippen molar-refractivity contribution in [2.24, 2.45) is 0 Å². The number of fused-ring (bicyclic) bond motifs is 1. The molecule has 2 fully saturated rings. The summed E-state index contributed by atoms with van der Waals surface area (Å²) >= 11 is 0. The molecule has 0 aromatic heterocycles. The zero-order chi connectivity index (χ0) is 24.2. The summed E-state index contributed by atoms with van der Waals surface area (Å²) in [5.74, 6) is -0.686. The fourth-order valence-electron chi connectivity index (χ4n) is 4.39. The summed E-state index contributed by atoms with van der Waals surface area (Å²) in [6.45, 7) is 1.86. The zero-order valence-corrected chi connectivity index (χ0v) is 18.7. The standard InChI is InChI=1S/C25H29N3O6/c26-13-18(24(32)27-14-20-21(29)22(30)23(31)25(33)34-20)11-15-4-5-17-12-19(7-6-16(17)10-15)28-8-2-1-3-9-28/h4-7,10-12,20-23,25,29-31,33H,1-3,8-9,14H2,(H,27,32)/t20-,21+,22+,23-,25?/m1/s1. The van der Waals surface area contributed by atoms with Gasteiger partial charge in [-0.2, -0.15) is 5.26 Å². The van der Waals surface area contributed by atoms with E-state index in [-0.39, 0.29) is 12.1 Å². The summed E-state index contributed by atoms with van der Waals surface area (Å²) in [6.07, 6.45) is -2.47. The van der Waals surface area contributed by atoms with E-state index in [9.17, 15) is 30.5 Å². The summed E-state index contributed by atoms with van der Waals surface area (Å²) in [7, 11) is 0. The van der Waals surface area contributed by atoms with E-state index in [0.717, 1.165) is 23.9 Å². The third-order valence-corrected chi connectivity index (χ3v) is 6.40. The first-order chi connectivity index (χ1) is 16.4. The topological polar surface area (TPSA) is 146 Å². The average Bonchev–Trinajstić information content (AvgIpc) is 2.87. The van der Waals surface area contributed by atoms with Gasteiger partial charge in [0.25, 0.3) is 5.91 Å². The van der Waals surface area contributed by atoms with Crippen LogP contribution in [0, 0.1) is 11.3 Å². The van der Waals surface area contributed by atoms with Crippen LogP contribution < -0.4 is 10.2 Å². The van der Waals surface area contributed by atoms with Crippen LogP contribution in [0.4, 0.5) is 5.69 Å². The summed E-state index contributed by atoms with van der Waals surface area (Å²) in [5.41, 5.74) is 1.74. The second kappa shape index (κ2) is 10.5. The van der Waals surface area contributed by atoms with Gasteiger partial charge in [-0.3, -0.25) is 4.79 Å². The molecule has 0 aliphatic carbocycles. The second-order valence-electron chi connectivity index (χ2n) is 8.76. The van der Waals surface area contributed by atoms with Crippen molar-refractivity contribution >= 4 is 28.4 Å². The summed E-state index contributed by atoms with van der Waals surface area (Å²) in [4.78, 5) is 14.9. The first kappa shape index (κ1) is 24.1. The molecule has 2 aliphatic heterocycles. The molecule has 9 nitrogen and oxygen atoms in total. The summed E-state index contributed by atoms with van der Waals surface area (Å²) in [6, 6.07) is 13.9. The van der Waals surface area contributed by atoms with Crippen LogP contribution in [-0.4, -0.2) is 76.7 Å². The normalized spacial score (nSPS) is 27.9. The van der Waals surface area contributed by atoms with Gasteiger partial charge in [0.2, 0.25) is 0 Å². The highest BCUT2D eigenvalue weighted by molar-refractivity contribution is 6.02. The van der Waals surface area contributed by atoms with Crippen LogP contribution in [0.15, 0.2) is 42.0 Å². The highest BCUT2D eigenvalue weighted by Crippen LogP contribution is 2.26. The monoisotopic (exact) mass is 467 g/mol. The number of piperidine rings is 1. The Hall–Kier alpha value is -3.00. The molecule has 4 rings (SSSR count). The second-order valence-corrected chi connectivity index (χ2v) is 8.76. The van der Waals surface area contributed by atoms with Crippen molar-refractivity contribution in [3.63, 3.8) is 0 Å². The minimum Gasteiger partial charge on any atom is -0.388 e. The number of carbonyl (C=O) groups excluding carboxylic acids is 1. The Morgan fingerprint density at radius 1 is 1.03 bits per heavy atom. The molecule has 2 heterocycles. The lowest BCUT2D eigenvalue weighted by Gasteiger charge is -2.38. The maximum atomic E-state index is 12.5. The molecule has 180 valence electrons. The minimum absolute atomic E-state index is 0.143. The number of nitriles is 1. The molecule has 34 heavy (non-hydrogen) atoms. The number of hydrogen-bond acceptors (Lipinski definition) is 8. The molecule has 2 aliphatic rings. The number of hydrogen-bond donors (Lipinski definition) is 5. The lowest BCUT2D eigenvalue weighted by atomic mass is 9.99. The molecule has 5 N–H and O–H groups in total. The van der Waals surface area contributed by atoms with Gasteiger partial charge in [-0.25, -0.2) is 0 Å². The Labute approximate surface area is 197 Å². The Morgan fingerprint density at radius 3 is 2.47 bits per heavy atom. The zero-order valence-electron chi connectivity index (χ0n) is 18.7. The van der Waals surface area contributed by atoms with Crippen LogP contribution in [0.5, 0.6) is 0 Å². The Morgan fingerprint density at radius 2 is 1.74 bits per heavy atom. The van der Waals surface area contributed by atoms with Crippen molar-refractivity contribution < 1.29 is 30.0 Å². The summed E-state index contributed by atoms with van der Waals surface area (Å²) < 4.78 is 5.04. The minimum atomic E-state index is -1.70. The van der Waals surface area contributed by atoms with Gasteiger partial charge < -0.3 is 35.4 Å². The van der Waals surface area contributed by atoms with Gasteiger partial charge in [-0.15, -0.1) is 0 Å². The molecular weight excluding hydrogens is 438 g/mol. The van der Waals surface area contributed by atoms with Crippen LogP contribution >= 0.6 is 0 Å². The number of nitrogens with one attached hydrogen (secondary N) is 1. The van der Waals surface area contributed by atoms with Gasteiger partial charge in [0.1, 0.15) is 36.1 Å². The quantitative estimate of drug-likeness (QED) is 0.318. The predicted molar refractivity (Wildman–Crippen MR) is 126 cm³/mol. The van der Waals surface area contributed by atoms with E-state index < -0.39 is 36.6 Å². The van der Waals surface area contributed by atoms with Crippen molar-refractivity contribution in [3.05, 3.63) is 47.5 Å². The van der Waals surface area contributed by atoms with E-state index in [2.05, 4.69) is 22.3 Å². The molecule has 0 saturated carbocycles. The first-order valence-corrected chi connectivity index (χ1v) is 11.4. The number of rotatable bonds is 5. The van der Waals surface area contributed by atoms with E-state index in [4.69, 9.17) is 4.74 Å². The number of aliphatic hydroxyl groups excluding tert-OH is 4. The smallest absolute Gasteiger partial charge is 0.262 e. The molecule has 2 aromatic carbocycles. The fraction of sp³-hybridized carbons (Fsp3) is 0.440. The fourth-order valence-corrected chi connectivity index (χ4v) is 4.39. The van der Waals surface area contributed by atoms with E-state index in [1.165, 1.54) is 31.0 Å². The molecule has 2 saturated heterocycles. The average molecular weight is 468 g/mol. The highest BCUT2D eigenvalue weighted by atomic mass is 16.6. The number of nitrogens with zero attached hydrogens (tertiary/aromatic N) is 2. The van der Waals surface area contributed by atoms with E-state index >= 15 is 0 Å². The maximum absolute atomic E-state index is 12.5. The molecule has 1 amide bonds. The van der Waals surface area contributed by atoms with Gasteiger partial charge in [-0.05, 0) is 59.9 Å². The van der Waals surface area contributed by atoms with Gasteiger partial charge >= 0.3 is 0 Å². The molecule has 0 radical (unpaired) electrons. The third kappa shape index (κ3) is 5.22. The van der Waals surface area contributed by atoms with E-state index in [0.29, 0.717) is 5.56 Å². The first-order valence-electron chi connectivity index (χ1n) is 11.4. The number of benzene rings is 2. The highest BCUT2D eigenvalue weighted by Gasteiger charge is 2.42. The van der Waals surface area contributed by atoms with Gasteiger partial charge in [0, 0.05) is 25.3 Å². The number of aliphatic hydroxyl groups is 4. The number of amides is 1. The molecular formula is C25H29N3O6. The molecule has 2 aromatic rings. The maximum Gasteiger partial charge on any atom is 0.262 e. The third-order valence-electron chi connectivity index (χ3n) is 6.40. The van der Waals surface area contributed by atoms with Crippen LogP contribution in [-0.2, 0) is 9.53 Å². The molecule has 5 atom stereocenters. The van der Waals surface area contributed by atoms with Crippen LogP contribution in [0.25, 0.3) is 16.8 Å². The largest absolute Gasteiger partial charge is 0.388 e. The number of carbonyl (C=O) groups is 1.